The van der Waals surface area contributed by atoms with Gasteiger partial charge in [-0.25, -0.2) is 4.39 Å². The Hall–Kier alpha value is -1.58. The second-order valence-corrected chi connectivity index (χ2v) is 6.32. The number of likely N-dealkylation sites (tertiary alicyclic amines) is 1. The van der Waals surface area contributed by atoms with Crippen LogP contribution in [0.4, 0.5) is 4.39 Å². The summed E-state index contributed by atoms with van der Waals surface area (Å²) in [7, 11) is 1.80. The third kappa shape index (κ3) is 3.50. The molecular formula is C16H24FN3. The second kappa shape index (κ2) is 5.81. The first-order valence-corrected chi connectivity index (χ1v) is 7.12. The smallest absolute Gasteiger partial charge is 0.193 e. The van der Waals surface area contributed by atoms with E-state index in [9.17, 15) is 4.39 Å². The largest absolute Gasteiger partial charge is 0.352 e. The van der Waals surface area contributed by atoms with Gasteiger partial charge in [0.2, 0.25) is 0 Å². The van der Waals surface area contributed by atoms with Crippen LogP contribution in [0.1, 0.15) is 31.4 Å². The van der Waals surface area contributed by atoms with Crippen LogP contribution in [0.5, 0.6) is 0 Å². The number of guanidine groups is 1. The van der Waals surface area contributed by atoms with Crippen molar-refractivity contribution in [3.05, 3.63) is 35.1 Å². The van der Waals surface area contributed by atoms with Crippen LogP contribution in [-0.2, 0) is 6.54 Å². The summed E-state index contributed by atoms with van der Waals surface area (Å²) in [6.45, 7) is 8.95. The molecule has 1 fully saturated rings. The van der Waals surface area contributed by atoms with Crippen molar-refractivity contribution in [3.8, 4) is 0 Å². The number of aliphatic imine (C=N–C) groups is 1. The van der Waals surface area contributed by atoms with Crippen LogP contribution in [0.3, 0.4) is 0 Å². The van der Waals surface area contributed by atoms with Gasteiger partial charge in [-0.2, -0.15) is 0 Å². The van der Waals surface area contributed by atoms with Crippen molar-refractivity contribution in [1.29, 1.82) is 0 Å². The standard InChI is InChI=1S/C16H24FN3/c1-12-5-6-13(9-14(12)17)10-19-15(18-4)20-8-7-16(2,3)11-20/h5-6,9H,7-8,10-11H2,1-4H3,(H,18,19). The number of halogens is 1. The molecule has 0 aromatic heterocycles. The van der Waals surface area contributed by atoms with E-state index in [1.165, 1.54) is 6.42 Å². The molecule has 1 aromatic rings. The number of hydrogen-bond acceptors (Lipinski definition) is 1. The van der Waals surface area contributed by atoms with Crippen LogP contribution in [0.25, 0.3) is 0 Å². The first-order chi connectivity index (χ1) is 9.41. The lowest BCUT2D eigenvalue weighted by Crippen LogP contribution is -2.40. The summed E-state index contributed by atoms with van der Waals surface area (Å²) >= 11 is 0. The van der Waals surface area contributed by atoms with Crippen LogP contribution in [0.2, 0.25) is 0 Å². The molecule has 0 spiro atoms. The van der Waals surface area contributed by atoms with Gasteiger partial charge in [-0.15, -0.1) is 0 Å². The van der Waals surface area contributed by atoms with Crippen molar-refractivity contribution in [2.45, 2.75) is 33.7 Å². The normalized spacial score (nSPS) is 18.4. The second-order valence-electron chi connectivity index (χ2n) is 6.32. The summed E-state index contributed by atoms with van der Waals surface area (Å²) in [5, 5.41) is 3.32. The highest BCUT2D eigenvalue weighted by Gasteiger charge is 2.30. The van der Waals surface area contributed by atoms with E-state index in [0.717, 1.165) is 24.6 Å². The van der Waals surface area contributed by atoms with E-state index in [1.807, 2.05) is 12.1 Å². The lowest BCUT2D eigenvalue weighted by Gasteiger charge is -2.23. The van der Waals surface area contributed by atoms with Gasteiger partial charge in [-0.05, 0) is 36.0 Å². The fourth-order valence-electron chi connectivity index (χ4n) is 2.55. The minimum atomic E-state index is -0.151. The fourth-order valence-corrected chi connectivity index (χ4v) is 2.55. The summed E-state index contributed by atoms with van der Waals surface area (Å²) in [6.07, 6.45) is 1.17. The number of nitrogens with one attached hydrogen (secondary N) is 1. The molecule has 0 amide bonds. The average molecular weight is 277 g/mol. The molecule has 0 bridgehead atoms. The molecular weight excluding hydrogens is 253 g/mol. The molecule has 0 saturated carbocycles. The van der Waals surface area contributed by atoms with E-state index < -0.39 is 0 Å². The Kier molecular flexibility index (Phi) is 4.31. The minimum Gasteiger partial charge on any atom is -0.352 e. The van der Waals surface area contributed by atoms with Gasteiger partial charge in [0.15, 0.2) is 5.96 Å². The van der Waals surface area contributed by atoms with E-state index in [2.05, 4.69) is 29.1 Å². The zero-order valence-electron chi connectivity index (χ0n) is 12.8. The maximum Gasteiger partial charge on any atom is 0.193 e. The molecule has 1 N–H and O–H groups in total. The highest BCUT2D eigenvalue weighted by Crippen LogP contribution is 2.28. The van der Waals surface area contributed by atoms with Crippen LogP contribution in [-0.4, -0.2) is 31.0 Å². The molecule has 1 aliphatic heterocycles. The van der Waals surface area contributed by atoms with Crippen LogP contribution < -0.4 is 5.32 Å². The van der Waals surface area contributed by atoms with E-state index >= 15 is 0 Å². The van der Waals surface area contributed by atoms with Gasteiger partial charge < -0.3 is 10.2 Å². The Bertz CT molecular complexity index is 508. The van der Waals surface area contributed by atoms with Gasteiger partial charge in [0.1, 0.15) is 5.82 Å². The van der Waals surface area contributed by atoms with Gasteiger partial charge in [0.05, 0.1) is 0 Å². The third-order valence-corrected chi connectivity index (χ3v) is 3.88. The maximum atomic E-state index is 13.5. The highest BCUT2D eigenvalue weighted by molar-refractivity contribution is 5.80. The van der Waals surface area contributed by atoms with Crippen molar-refractivity contribution < 1.29 is 4.39 Å². The predicted octanol–water partition coefficient (Wildman–Crippen LogP) is 2.94. The molecule has 3 nitrogen and oxygen atoms in total. The zero-order chi connectivity index (χ0) is 14.8. The highest BCUT2D eigenvalue weighted by atomic mass is 19.1. The van der Waals surface area contributed by atoms with Crippen LogP contribution >= 0.6 is 0 Å². The lowest BCUT2D eigenvalue weighted by atomic mass is 9.93. The van der Waals surface area contributed by atoms with Gasteiger partial charge in [-0.1, -0.05) is 26.0 Å². The number of hydrogen-bond donors (Lipinski definition) is 1. The number of aryl methyl sites for hydroxylation is 1. The monoisotopic (exact) mass is 277 g/mol. The van der Waals surface area contributed by atoms with Gasteiger partial charge >= 0.3 is 0 Å². The molecule has 1 aromatic carbocycles. The molecule has 0 radical (unpaired) electrons. The Morgan fingerprint density at radius 3 is 2.75 bits per heavy atom. The molecule has 1 heterocycles. The number of nitrogens with zero attached hydrogens (tertiary/aromatic N) is 2. The first-order valence-electron chi connectivity index (χ1n) is 7.12. The van der Waals surface area contributed by atoms with Gasteiger partial charge in [0.25, 0.3) is 0 Å². The Labute approximate surface area is 120 Å². The number of rotatable bonds is 2. The summed E-state index contributed by atoms with van der Waals surface area (Å²) in [5.41, 5.74) is 1.96. The van der Waals surface area contributed by atoms with Crippen molar-refractivity contribution in [2.75, 3.05) is 20.1 Å². The van der Waals surface area contributed by atoms with E-state index in [4.69, 9.17) is 0 Å². The maximum absolute atomic E-state index is 13.5. The summed E-state index contributed by atoms with van der Waals surface area (Å²) in [4.78, 5) is 6.60. The molecule has 4 heteroatoms. The van der Waals surface area contributed by atoms with Crippen molar-refractivity contribution in [1.82, 2.24) is 10.2 Å². The van der Waals surface area contributed by atoms with Crippen molar-refractivity contribution in [3.63, 3.8) is 0 Å². The quantitative estimate of drug-likeness (QED) is 0.665. The molecule has 0 unspecified atom stereocenters. The SMILES string of the molecule is CN=C(NCc1ccc(C)c(F)c1)N1CCC(C)(C)C1. The zero-order valence-corrected chi connectivity index (χ0v) is 12.8. The number of benzene rings is 1. The average Bonchev–Trinajstić information content (AvgIpc) is 2.75. The van der Waals surface area contributed by atoms with Gasteiger partial charge in [0, 0.05) is 26.7 Å². The topological polar surface area (TPSA) is 27.6 Å². The predicted molar refractivity (Wildman–Crippen MR) is 81.3 cm³/mol. The molecule has 110 valence electrons. The molecule has 1 aliphatic rings. The summed E-state index contributed by atoms with van der Waals surface area (Å²) < 4.78 is 13.5. The Morgan fingerprint density at radius 2 is 2.20 bits per heavy atom. The van der Waals surface area contributed by atoms with Gasteiger partial charge in [-0.3, -0.25) is 4.99 Å². The third-order valence-electron chi connectivity index (χ3n) is 3.88. The Morgan fingerprint density at radius 1 is 1.45 bits per heavy atom. The summed E-state index contributed by atoms with van der Waals surface area (Å²) in [5.74, 6) is 0.748. The van der Waals surface area contributed by atoms with Crippen LogP contribution in [0.15, 0.2) is 23.2 Å². The molecule has 2 rings (SSSR count). The van der Waals surface area contributed by atoms with E-state index in [-0.39, 0.29) is 5.82 Å². The molecule has 20 heavy (non-hydrogen) atoms. The molecule has 0 aliphatic carbocycles. The van der Waals surface area contributed by atoms with Crippen molar-refractivity contribution in [2.24, 2.45) is 10.4 Å². The Balaban J connectivity index is 1.96. The fraction of sp³-hybridized carbons (Fsp3) is 0.562. The van der Waals surface area contributed by atoms with E-state index in [0.29, 0.717) is 17.5 Å². The van der Waals surface area contributed by atoms with E-state index in [1.54, 1.807) is 20.0 Å². The first kappa shape index (κ1) is 14.8. The van der Waals surface area contributed by atoms with Crippen molar-refractivity contribution >= 4 is 5.96 Å². The van der Waals surface area contributed by atoms with Crippen LogP contribution in [0, 0.1) is 18.2 Å². The summed E-state index contributed by atoms with van der Waals surface area (Å²) in [6, 6.07) is 5.35. The minimum absolute atomic E-state index is 0.151. The molecule has 0 atom stereocenters. The lowest BCUT2D eigenvalue weighted by molar-refractivity contribution is 0.370. The molecule has 1 saturated heterocycles.